The van der Waals surface area contributed by atoms with Gasteiger partial charge in [0.15, 0.2) is 0 Å². The molecule has 104 valence electrons. The summed E-state index contributed by atoms with van der Waals surface area (Å²) in [5, 5.41) is 1.27. The molecular weight excluding hydrogens is 266 g/mol. The fourth-order valence-electron chi connectivity index (χ4n) is 1.85. The van der Waals surface area contributed by atoms with Crippen molar-refractivity contribution >= 4 is 28.6 Å². The Balaban J connectivity index is 0.000000861. The van der Waals surface area contributed by atoms with Gasteiger partial charge in [-0.25, -0.2) is 9.36 Å². The van der Waals surface area contributed by atoms with Crippen LogP contribution in [0.25, 0.3) is 10.9 Å². The van der Waals surface area contributed by atoms with Crippen molar-refractivity contribution in [1.82, 2.24) is 4.57 Å². The van der Waals surface area contributed by atoms with Gasteiger partial charge in [-0.05, 0) is 25.1 Å². The SMILES string of the molecule is CC.COC(=O)n1c(C)cc2c(Cl)c(OC)ccc21. The minimum atomic E-state index is -0.432. The van der Waals surface area contributed by atoms with Gasteiger partial charge in [0, 0.05) is 11.1 Å². The highest BCUT2D eigenvalue weighted by atomic mass is 35.5. The fourth-order valence-corrected chi connectivity index (χ4v) is 2.14. The van der Waals surface area contributed by atoms with E-state index < -0.39 is 6.09 Å². The number of fused-ring (bicyclic) bond motifs is 1. The number of carbonyl (C=O) groups excluding carboxylic acids is 1. The van der Waals surface area contributed by atoms with Crippen LogP contribution in [0.3, 0.4) is 0 Å². The minimum Gasteiger partial charge on any atom is -0.495 e. The summed E-state index contributed by atoms with van der Waals surface area (Å²) in [5.41, 5.74) is 1.47. The van der Waals surface area contributed by atoms with Crippen molar-refractivity contribution < 1.29 is 14.3 Å². The van der Waals surface area contributed by atoms with Crippen molar-refractivity contribution in [3.63, 3.8) is 0 Å². The Morgan fingerprint density at radius 2 is 1.89 bits per heavy atom. The van der Waals surface area contributed by atoms with Crippen LogP contribution in [0, 0.1) is 6.92 Å². The summed E-state index contributed by atoms with van der Waals surface area (Å²) in [6, 6.07) is 5.34. The van der Waals surface area contributed by atoms with E-state index in [1.807, 2.05) is 26.8 Å². The van der Waals surface area contributed by atoms with Crippen molar-refractivity contribution in [2.24, 2.45) is 0 Å². The predicted octanol–water partition coefficient (Wildman–Crippen LogP) is 4.25. The first kappa shape index (κ1) is 15.4. The van der Waals surface area contributed by atoms with Gasteiger partial charge in [-0.15, -0.1) is 0 Å². The summed E-state index contributed by atoms with van der Waals surface area (Å²) in [4.78, 5) is 11.6. The Bertz CT molecular complexity index is 590. The van der Waals surface area contributed by atoms with E-state index in [1.165, 1.54) is 11.7 Å². The number of carbonyl (C=O) groups is 1. The Kier molecular flexibility index (Phi) is 5.24. The second kappa shape index (κ2) is 6.48. The second-order valence-electron chi connectivity index (χ2n) is 3.61. The fraction of sp³-hybridized carbons (Fsp3) is 0.357. The van der Waals surface area contributed by atoms with Crippen molar-refractivity contribution in [2.75, 3.05) is 14.2 Å². The van der Waals surface area contributed by atoms with Crippen molar-refractivity contribution in [3.8, 4) is 5.75 Å². The number of hydrogen-bond donors (Lipinski definition) is 0. The maximum Gasteiger partial charge on any atom is 0.418 e. The van der Waals surface area contributed by atoms with Gasteiger partial charge in [-0.3, -0.25) is 0 Å². The lowest BCUT2D eigenvalue weighted by atomic mass is 10.2. The van der Waals surface area contributed by atoms with Crippen LogP contribution in [0.4, 0.5) is 4.79 Å². The molecule has 0 bridgehead atoms. The van der Waals surface area contributed by atoms with Gasteiger partial charge in [0.25, 0.3) is 0 Å². The third kappa shape index (κ3) is 2.68. The first-order chi connectivity index (χ1) is 9.10. The Hall–Kier alpha value is -1.68. The molecular formula is C14H18ClNO3. The van der Waals surface area contributed by atoms with E-state index in [-0.39, 0.29) is 0 Å². The average Bonchev–Trinajstić information content (AvgIpc) is 2.78. The molecule has 1 aromatic heterocycles. The van der Waals surface area contributed by atoms with E-state index in [0.717, 1.165) is 11.1 Å². The molecule has 0 aliphatic carbocycles. The number of nitrogens with zero attached hydrogens (tertiary/aromatic N) is 1. The van der Waals surface area contributed by atoms with Gasteiger partial charge in [0.2, 0.25) is 0 Å². The van der Waals surface area contributed by atoms with Gasteiger partial charge in [-0.2, -0.15) is 0 Å². The van der Waals surface area contributed by atoms with E-state index in [4.69, 9.17) is 21.1 Å². The number of aromatic nitrogens is 1. The maximum absolute atomic E-state index is 11.6. The van der Waals surface area contributed by atoms with Crippen LogP contribution in [0.5, 0.6) is 5.75 Å². The highest BCUT2D eigenvalue weighted by Crippen LogP contribution is 2.34. The van der Waals surface area contributed by atoms with Crippen LogP contribution in [-0.4, -0.2) is 24.9 Å². The molecule has 0 unspecified atom stereocenters. The number of ether oxygens (including phenoxy) is 2. The molecule has 1 heterocycles. The molecule has 0 radical (unpaired) electrons. The highest BCUT2D eigenvalue weighted by Gasteiger charge is 2.16. The molecule has 0 amide bonds. The average molecular weight is 284 g/mol. The lowest BCUT2D eigenvalue weighted by Crippen LogP contribution is -2.12. The quantitative estimate of drug-likeness (QED) is 0.785. The molecule has 4 nitrogen and oxygen atoms in total. The molecule has 2 aromatic rings. The van der Waals surface area contributed by atoms with Gasteiger partial charge < -0.3 is 9.47 Å². The Morgan fingerprint density at radius 1 is 1.26 bits per heavy atom. The largest absolute Gasteiger partial charge is 0.495 e. The maximum atomic E-state index is 11.6. The summed E-state index contributed by atoms with van der Waals surface area (Å²) in [6.07, 6.45) is -0.432. The summed E-state index contributed by atoms with van der Waals surface area (Å²) in [6.45, 7) is 5.82. The normalized spacial score (nSPS) is 9.79. The number of methoxy groups -OCH3 is 2. The molecule has 19 heavy (non-hydrogen) atoms. The molecule has 5 heteroatoms. The van der Waals surface area contributed by atoms with Gasteiger partial charge in [0.05, 0.1) is 24.8 Å². The van der Waals surface area contributed by atoms with E-state index in [0.29, 0.717) is 16.3 Å². The molecule has 0 aliphatic rings. The standard InChI is InChI=1S/C12H12ClNO3.C2H6/c1-7-6-8-9(14(7)12(15)17-3)4-5-10(16-2)11(8)13;1-2/h4-6H,1-3H3;1-2H3. The number of hydrogen-bond acceptors (Lipinski definition) is 3. The van der Waals surface area contributed by atoms with Crippen LogP contribution < -0.4 is 4.74 Å². The minimum absolute atomic E-state index is 0.432. The lowest BCUT2D eigenvalue weighted by molar-refractivity contribution is 0.173. The van der Waals surface area contributed by atoms with Gasteiger partial charge in [-0.1, -0.05) is 25.4 Å². The zero-order chi connectivity index (χ0) is 14.6. The zero-order valence-electron chi connectivity index (χ0n) is 11.8. The first-order valence-corrected chi connectivity index (χ1v) is 6.40. The lowest BCUT2D eigenvalue weighted by Gasteiger charge is -2.06. The smallest absolute Gasteiger partial charge is 0.418 e. The highest BCUT2D eigenvalue weighted by molar-refractivity contribution is 6.37. The molecule has 2 rings (SSSR count). The monoisotopic (exact) mass is 283 g/mol. The topological polar surface area (TPSA) is 40.5 Å². The molecule has 0 spiro atoms. The van der Waals surface area contributed by atoms with E-state index in [2.05, 4.69) is 0 Å². The molecule has 1 aromatic carbocycles. The van der Waals surface area contributed by atoms with E-state index in [9.17, 15) is 4.79 Å². The number of halogens is 1. The summed E-state index contributed by atoms with van der Waals surface area (Å²) < 4.78 is 11.3. The summed E-state index contributed by atoms with van der Waals surface area (Å²) in [5.74, 6) is 0.584. The summed E-state index contributed by atoms with van der Waals surface area (Å²) in [7, 11) is 2.90. The van der Waals surface area contributed by atoms with Crippen LogP contribution in [0.2, 0.25) is 5.02 Å². The third-order valence-electron chi connectivity index (χ3n) is 2.65. The van der Waals surface area contributed by atoms with Crippen molar-refractivity contribution in [3.05, 3.63) is 28.9 Å². The second-order valence-corrected chi connectivity index (χ2v) is 3.98. The molecule has 0 fully saturated rings. The molecule has 0 aliphatic heterocycles. The van der Waals surface area contributed by atoms with Crippen molar-refractivity contribution in [1.29, 1.82) is 0 Å². The molecule has 0 saturated heterocycles. The van der Waals surface area contributed by atoms with Gasteiger partial charge >= 0.3 is 6.09 Å². The van der Waals surface area contributed by atoms with Crippen LogP contribution >= 0.6 is 11.6 Å². The Labute approximate surface area is 117 Å². The first-order valence-electron chi connectivity index (χ1n) is 6.03. The van der Waals surface area contributed by atoms with E-state index >= 15 is 0 Å². The molecule has 0 atom stereocenters. The number of aryl methyl sites for hydroxylation is 1. The predicted molar refractivity (Wildman–Crippen MR) is 77.4 cm³/mol. The van der Waals surface area contributed by atoms with E-state index in [1.54, 1.807) is 19.2 Å². The van der Waals surface area contributed by atoms with Crippen LogP contribution in [0.1, 0.15) is 19.5 Å². The number of rotatable bonds is 1. The number of benzene rings is 1. The summed E-state index contributed by atoms with van der Waals surface area (Å²) >= 11 is 6.18. The Morgan fingerprint density at radius 3 is 2.42 bits per heavy atom. The van der Waals surface area contributed by atoms with Gasteiger partial charge in [0.1, 0.15) is 5.75 Å². The third-order valence-corrected chi connectivity index (χ3v) is 3.04. The van der Waals surface area contributed by atoms with Crippen molar-refractivity contribution in [2.45, 2.75) is 20.8 Å². The molecule has 0 saturated carbocycles. The zero-order valence-corrected chi connectivity index (χ0v) is 12.5. The van der Waals surface area contributed by atoms with Crippen LogP contribution in [-0.2, 0) is 4.74 Å². The van der Waals surface area contributed by atoms with Crippen LogP contribution in [0.15, 0.2) is 18.2 Å². The molecule has 0 N–H and O–H groups in total.